The maximum absolute atomic E-state index is 11.8. The van der Waals surface area contributed by atoms with Crippen LogP contribution in [0.3, 0.4) is 0 Å². The first-order valence-corrected chi connectivity index (χ1v) is 9.88. The molecule has 1 atom stereocenters. The Kier molecular flexibility index (Phi) is 6.04. The highest BCUT2D eigenvalue weighted by Crippen LogP contribution is 2.19. The molecular weight excluding hydrogens is 314 g/mol. The van der Waals surface area contributed by atoms with Gasteiger partial charge in [0.25, 0.3) is 0 Å². The highest BCUT2D eigenvalue weighted by Gasteiger charge is 2.28. The maximum Gasteiger partial charge on any atom is 0.220 e. The molecule has 1 aliphatic heterocycles. The molecule has 1 aromatic rings. The van der Waals surface area contributed by atoms with E-state index in [0.717, 1.165) is 29.7 Å². The van der Waals surface area contributed by atoms with Crippen molar-refractivity contribution in [1.82, 2.24) is 5.32 Å². The summed E-state index contributed by atoms with van der Waals surface area (Å²) >= 11 is 0. The summed E-state index contributed by atoms with van der Waals surface area (Å²) in [6.07, 6.45) is 2.47. The second-order valence-electron chi connectivity index (χ2n) is 6.24. The summed E-state index contributed by atoms with van der Waals surface area (Å²) in [4.78, 5) is 11.8. The number of ether oxygens (including phenoxy) is 1. The number of rotatable bonds is 7. The van der Waals surface area contributed by atoms with Crippen molar-refractivity contribution < 1.29 is 17.9 Å². The lowest BCUT2D eigenvalue weighted by atomic mass is 10.1. The van der Waals surface area contributed by atoms with E-state index in [4.69, 9.17) is 4.74 Å². The molecule has 23 heavy (non-hydrogen) atoms. The first kappa shape index (κ1) is 17.8. The van der Waals surface area contributed by atoms with Crippen molar-refractivity contribution >= 4 is 15.7 Å². The van der Waals surface area contributed by atoms with E-state index in [1.165, 1.54) is 0 Å². The smallest absolute Gasteiger partial charge is 0.220 e. The average Bonchev–Trinajstić information content (AvgIpc) is 2.81. The number of benzene rings is 1. The average molecular weight is 339 g/mol. The van der Waals surface area contributed by atoms with Crippen molar-refractivity contribution in [3.8, 4) is 5.75 Å². The van der Waals surface area contributed by atoms with Gasteiger partial charge >= 0.3 is 0 Å². The summed E-state index contributed by atoms with van der Waals surface area (Å²) in [7, 11) is -2.94. The van der Waals surface area contributed by atoms with Crippen LogP contribution in [-0.4, -0.2) is 38.5 Å². The van der Waals surface area contributed by atoms with E-state index >= 15 is 0 Å². The molecule has 6 heteroatoms. The number of nitrogens with one attached hydrogen (secondary N) is 1. The van der Waals surface area contributed by atoms with Crippen LogP contribution in [-0.2, 0) is 14.6 Å². The van der Waals surface area contributed by atoms with Gasteiger partial charge in [-0.2, -0.15) is 0 Å². The SMILES string of the molecule is Cc1ccc(C)c(OCCCCC(=O)N[C@H]2CCS(=O)(=O)C2)c1. The summed E-state index contributed by atoms with van der Waals surface area (Å²) in [5.74, 6) is 1.08. The fourth-order valence-corrected chi connectivity index (χ4v) is 4.31. The van der Waals surface area contributed by atoms with Gasteiger partial charge in [-0.15, -0.1) is 0 Å². The lowest BCUT2D eigenvalue weighted by Crippen LogP contribution is -2.35. The first-order valence-electron chi connectivity index (χ1n) is 8.05. The molecule has 1 N–H and O–H groups in total. The second-order valence-corrected chi connectivity index (χ2v) is 8.47. The number of hydrogen-bond acceptors (Lipinski definition) is 4. The van der Waals surface area contributed by atoms with Crippen molar-refractivity contribution in [2.45, 2.75) is 45.6 Å². The summed E-state index contributed by atoms with van der Waals surface area (Å²) in [6.45, 7) is 4.62. The van der Waals surface area contributed by atoms with Crippen LogP contribution in [0.1, 0.15) is 36.8 Å². The Labute approximate surface area is 138 Å². The molecule has 2 rings (SSSR count). The first-order chi connectivity index (χ1) is 10.9. The number of hydrogen-bond donors (Lipinski definition) is 1. The fourth-order valence-electron chi connectivity index (χ4n) is 2.64. The number of sulfone groups is 1. The zero-order chi connectivity index (χ0) is 16.9. The van der Waals surface area contributed by atoms with Gasteiger partial charge in [0, 0.05) is 12.5 Å². The Bertz CT molecular complexity index is 655. The normalized spacial score (nSPS) is 19.5. The number of amides is 1. The molecule has 1 fully saturated rings. The number of aryl methyl sites for hydroxylation is 2. The van der Waals surface area contributed by atoms with Gasteiger partial charge in [-0.05, 0) is 50.3 Å². The zero-order valence-electron chi connectivity index (χ0n) is 13.8. The van der Waals surface area contributed by atoms with Gasteiger partial charge in [-0.25, -0.2) is 8.42 Å². The number of carbonyl (C=O) groups is 1. The predicted molar refractivity (Wildman–Crippen MR) is 90.5 cm³/mol. The van der Waals surface area contributed by atoms with Gasteiger partial charge in [-0.3, -0.25) is 4.79 Å². The highest BCUT2D eigenvalue weighted by atomic mass is 32.2. The van der Waals surface area contributed by atoms with E-state index < -0.39 is 9.84 Å². The van der Waals surface area contributed by atoms with Crippen molar-refractivity contribution in [3.63, 3.8) is 0 Å². The Morgan fingerprint density at radius 3 is 2.78 bits per heavy atom. The zero-order valence-corrected chi connectivity index (χ0v) is 14.6. The summed E-state index contributed by atoms with van der Waals surface area (Å²) in [5, 5.41) is 2.80. The Morgan fingerprint density at radius 1 is 1.30 bits per heavy atom. The van der Waals surface area contributed by atoms with Crippen molar-refractivity contribution in [1.29, 1.82) is 0 Å². The van der Waals surface area contributed by atoms with Crippen molar-refractivity contribution in [2.75, 3.05) is 18.1 Å². The molecule has 1 aliphatic rings. The molecule has 1 saturated heterocycles. The fraction of sp³-hybridized carbons (Fsp3) is 0.588. The largest absolute Gasteiger partial charge is 0.493 e. The summed E-state index contributed by atoms with van der Waals surface area (Å²) in [5.41, 5.74) is 2.27. The van der Waals surface area contributed by atoms with Crippen LogP contribution in [0.4, 0.5) is 0 Å². The quantitative estimate of drug-likeness (QED) is 0.773. The van der Waals surface area contributed by atoms with Gasteiger partial charge in [0.05, 0.1) is 18.1 Å². The lowest BCUT2D eigenvalue weighted by Gasteiger charge is -2.11. The summed E-state index contributed by atoms with van der Waals surface area (Å²) < 4.78 is 28.4. The van der Waals surface area contributed by atoms with E-state index in [0.29, 0.717) is 19.4 Å². The molecule has 0 aromatic heterocycles. The van der Waals surface area contributed by atoms with Gasteiger partial charge in [0.1, 0.15) is 5.75 Å². The molecule has 0 radical (unpaired) electrons. The monoisotopic (exact) mass is 339 g/mol. The third kappa shape index (κ3) is 5.86. The molecule has 0 bridgehead atoms. The van der Waals surface area contributed by atoms with Crippen LogP contribution < -0.4 is 10.1 Å². The molecule has 1 aromatic carbocycles. The van der Waals surface area contributed by atoms with Crippen LogP contribution in [0.2, 0.25) is 0 Å². The molecule has 0 unspecified atom stereocenters. The standard InChI is InChI=1S/C17H25NO4S/c1-13-6-7-14(2)16(11-13)22-9-4-3-5-17(19)18-15-8-10-23(20,21)12-15/h6-7,11,15H,3-5,8-10,12H2,1-2H3,(H,18,19)/t15-/m0/s1. The summed E-state index contributed by atoms with van der Waals surface area (Å²) in [6, 6.07) is 5.89. The van der Waals surface area contributed by atoms with Crippen molar-refractivity contribution in [3.05, 3.63) is 29.3 Å². The van der Waals surface area contributed by atoms with E-state index in [2.05, 4.69) is 11.4 Å². The molecule has 128 valence electrons. The minimum Gasteiger partial charge on any atom is -0.493 e. The molecule has 0 saturated carbocycles. The van der Waals surface area contributed by atoms with E-state index in [9.17, 15) is 13.2 Å². The minimum atomic E-state index is -2.94. The highest BCUT2D eigenvalue weighted by molar-refractivity contribution is 7.91. The molecular formula is C17H25NO4S. The van der Waals surface area contributed by atoms with Crippen LogP contribution in [0.25, 0.3) is 0 Å². The topological polar surface area (TPSA) is 72.5 Å². The van der Waals surface area contributed by atoms with Gasteiger partial charge in [-0.1, -0.05) is 12.1 Å². The Balaban J connectivity index is 1.62. The van der Waals surface area contributed by atoms with E-state index in [-0.39, 0.29) is 23.5 Å². The molecule has 1 heterocycles. The number of unbranched alkanes of at least 4 members (excludes halogenated alkanes) is 1. The van der Waals surface area contributed by atoms with Gasteiger partial charge < -0.3 is 10.1 Å². The van der Waals surface area contributed by atoms with E-state index in [1.54, 1.807) is 0 Å². The van der Waals surface area contributed by atoms with Crippen LogP contribution >= 0.6 is 0 Å². The molecule has 0 spiro atoms. The third-order valence-corrected chi connectivity index (χ3v) is 5.76. The predicted octanol–water partition coefficient (Wildman–Crippen LogP) is 2.16. The maximum atomic E-state index is 11.8. The van der Waals surface area contributed by atoms with Gasteiger partial charge in [0.15, 0.2) is 9.84 Å². The minimum absolute atomic E-state index is 0.0705. The molecule has 5 nitrogen and oxygen atoms in total. The van der Waals surface area contributed by atoms with E-state index in [1.807, 2.05) is 26.0 Å². The lowest BCUT2D eigenvalue weighted by molar-refractivity contribution is -0.121. The third-order valence-electron chi connectivity index (χ3n) is 4.00. The van der Waals surface area contributed by atoms with Crippen LogP contribution in [0.15, 0.2) is 18.2 Å². The van der Waals surface area contributed by atoms with Crippen LogP contribution in [0.5, 0.6) is 5.75 Å². The molecule has 0 aliphatic carbocycles. The van der Waals surface area contributed by atoms with Crippen LogP contribution in [0, 0.1) is 13.8 Å². The van der Waals surface area contributed by atoms with Crippen molar-refractivity contribution in [2.24, 2.45) is 0 Å². The Morgan fingerprint density at radius 2 is 2.09 bits per heavy atom. The Hall–Kier alpha value is -1.56. The number of carbonyl (C=O) groups excluding carboxylic acids is 1. The van der Waals surface area contributed by atoms with Gasteiger partial charge in [0.2, 0.25) is 5.91 Å². The molecule has 1 amide bonds. The second kappa shape index (κ2) is 7.81.